The molecular formula is C18H28BNO2. The van der Waals surface area contributed by atoms with Crippen molar-refractivity contribution in [3.63, 3.8) is 0 Å². The molecule has 0 aliphatic carbocycles. The third-order valence-corrected chi connectivity index (χ3v) is 5.42. The van der Waals surface area contributed by atoms with Crippen molar-refractivity contribution in [3.05, 3.63) is 23.8 Å². The van der Waals surface area contributed by atoms with Gasteiger partial charge in [0.15, 0.2) is 0 Å². The van der Waals surface area contributed by atoms with E-state index in [-0.39, 0.29) is 23.9 Å². The maximum absolute atomic E-state index is 6.17. The molecule has 1 aromatic carbocycles. The van der Waals surface area contributed by atoms with Crippen molar-refractivity contribution in [1.29, 1.82) is 0 Å². The monoisotopic (exact) mass is 301 g/mol. The van der Waals surface area contributed by atoms with Crippen LogP contribution in [0.4, 0.5) is 5.69 Å². The van der Waals surface area contributed by atoms with Gasteiger partial charge in [-0.05, 0) is 71.0 Å². The van der Waals surface area contributed by atoms with Gasteiger partial charge >= 0.3 is 7.12 Å². The van der Waals surface area contributed by atoms with Gasteiger partial charge in [-0.15, -0.1) is 0 Å². The second-order valence-electron chi connectivity index (χ2n) is 8.55. The van der Waals surface area contributed by atoms with E-state index in [0.29, 0.717) is 5.92 Å². The lowest BCUT2D eigenvalue weighted by molar-refractivity contribution is 0.00578. The Morgan fingerprint density at radius 2 is 1.64 bits per heavy atom. The molecule has 0 spiro atoms. The molecule has 1 atom stereocenters. The zero-order valence-corrected chi connectivity index (χ0v) is 14.9. The van der Waals surface area contributed by atoms with Crippen LogP contribution < -0.4 is 10.8 Å². The van der Waals surface area contributed by atoms with Crippen LogP contribution in [0.3, 0.4) is 0 Å². The first-order valence-electron chi connectivity index (χ1n) is 8.28. The van der Waals surface area contributed by atoms with Crippen molar-refractivity contribution in [2.24, 2.45) is 0 Å². The van der Waals surface area contributed by atoms with Crippen LogP contribution >= 0.6 is 0 Å². The minimum absolute atomic E-state index is 0.151. The summed E-state index contributed by atoms with van der Waals surface area (Å²) in [6.07, 6.45) is 1.13. The quantitative estimate of drug-likeness (QED) is 0.803. The van der Waals surface area contributed by atoms with E-state index < -0.39 is 0 Å². The smallest absolute Gasteiger partial charge is 0.399 e. The summed E-state index contributed by atoms with van der Waals surface area (Å²) in [7, 11) is -0.280. The summed E-state index contributed by atoms with van der Waals surface area (Å²) in [4.78, 5) is 0. The zero-order chi connectivity index (χ0) is 16.3. The molecule has 1 unspecified atom stereocenters. The van der Waals surface area contributed by atoms with Gasteiger partial charge in [-0.2, -0.15) is 0 Å². The first kappa shape index (κ1) is 15.9. The summed E-state index contributed by atoms with van der Waals surface area (Å²) in [5.41, 5.74) is 3.29. The van der Waals surface area contributed by atoms with Crippen LogP contribution in [0.2, 0.25) is 0 Å². The second kappa shape index (κ2) is 4.75. The minimum Gasteiger partial charge on any atom is -0.399 e. The van der Waals surface area contributed by atoms with E-state index in [9.17, 15) is 0 Å². The van der Waals surface area contributed by atoms with Crippen molar-refractivity contribution in [2.45, 2.75) is 77.5 Å². The lowest BCUT2D eigenvalue weighted by Crippen LogP contribution is -2.41. The van der Waals surface area contributed by atoms with Crippen molar-refractivity contribution >= 4 is 18.3 Å². The summed E-state index contributed by atoms with van der Waals surface area (Å²) in [5, 5.41) is 3.64. The highest BCUT2D eigenvalue weighted by Crippen LogP contribution is 2.39. The summed E-state index contributed by atoms with van der Waals surface area (Å²) >= 11 is 0. The zero-order valence-electron chi connectivity index (χ0n) is 14.9. The van der Waals surface area contributed by atoms with Gasteiger partial charge in [0, 0.05) is 11.2 Å². The van der Waals surface area contributed by atoms with E-state index in [4.69, 9.17) is 9.31 Å². The maximum Gasteiger partial charge on any atom is 0.494 e. The fourth-order valence-electron chi connectivity index (χ4n) is 3.52. The molecule has 1 fully saturated rings. The highest BCUT2D eigenvalue weighted by Gasteiger charge is 2.51. The molecule has 3 rings (SSSR count). The van der Waals surface area contributed by atoms with Crippen molar-refractivity contribution < 1.29 is 9.31 Å². The molecule has 4 heteroatoms. The van der Waals surface area contributed by atoms with E-state index in [1.807, 2.05) is 0 Å². The molecule has 3 nitrogen and oxygen atoms in total. The van der Waals surface area contributed by atoms with E-state index >= 15 is 0 Å². The van der Waals surface area contributed by atoms with E-state index in [1.165, 1.54) is 11.3 Å². The molecule has 0 aromatic heterocycles. The summed E-state index contributed by atoms with van der Waals surface area (Å²) in [6.45, 7) is 15.2. The van der Waals surface area contributed by atoms with Crippen molar-refractivity contribution in [2.75, 3.05) is 5.32 Å². The molecule has 2 heterocycles. The SMILES string of the molecule is CC1CC(C)(C)Nc2ccc(B3OC(C)(C)C(C)(C)O3)cc21. The molecular weight excluding hydrogens is 273 g/mol. The summed E-state index contributed by atoms with van der Waals surface area (Å²) in [6, 6.07) is 6.56. The lowest BCUT2D eigenvalue weighted by atomic mass is 9.74. The van der Waals surface area contributed by atoms with Gasteiger partial charge in [0.05, 0.1) is 11.2 Å². The molecule has 0 radical (unpaired) electrons. The third-order valence-electron chi connectivity index (χ3n) is 5.42. The number of hydrogen-bond donors (Lipinski definition) is 1. The van der Waals surface area contributed by atoms with Gasteiger partial charge < -0.3 is 14.6 Å². The number of fused-ring (bicyclic) bond motifs is 1. The van der Waals surface area contributed by atoms with Gasteiger partial charge in [0.25, 0.3) is 0 Å². The molecule has 2 aliphatic rings. The standard InChI is InChI=1S/C18H28BNO2/c1-12-11-16(2,3)20-15-9-8-13(10-14(12)15)19-21-17(4,5)18(6,7)22-19/h8-10,12,20H,11H2,1-7H3. The predicted octanol–water partition coefficient (Wildman–Crippen LogP) is 3.68. The maximum atomic E-state index is 6.17. The van der Waals surface area contributed by atoms with E-state index in [1.54, 1.807) is 0 Å². The van der Waals surface area contributed by atoms with Crippen LogP contribution in [0.25, 0.3) is 0 Å². The summed E-state index contributed by atoms with van der Waals surface area (Å²) < 4.78 is 12.3. The topological polar surface area (TPSA) is 30.5 Å². The first-order valence-corrected chi connectivity index (χ1v) is 8.28. The van der Waals surface area contributed by atoms with Crippen molar-refractivity contribution in [1.82, 2.24) is 0 Å². The molecule has 0 bridgehead atoms. The Bertz CT molecular complexity index is 579. The van der Waals surface area contributed by atoms with Crippen LogP contribution in [-0.4, -0.2) is 23.9 Å². The van der Waals surface area contributed by atoms with E-state index in [2.05, 4.69) is 72.0 Å². The van der Waals surface area contributed by atoms with Crippen LogP contribution in [0.1, 0.15) is 66.4 Å². The first-order chi connectivity index (χ1) is 10.0. The number of anilines is 1. The highest BCUT2D eigenvalue weighted by atomic mass is 16.7. The van der Waals surface area contributed by atoms with Crippen molar-refractivity contribution in [3.8, 4) is 0 Å². The molecule has 0 amide bonds. The van der Waals surface area contributed by atoms with Crippen LogP contribution in [-0.2, 0) is 9.31 Å². The Hall–Kier alpha value is -0.995. The van der Waals surface area contributed by atoms with Gasteiger partial charge in [-0.1, -0.05) is 19.1 Å². The number of benzene rings is 1. The molecule has 120 valence electrons. The fraction of sp³-hybridized carbons (Fsp3) is 0.667. The molecule has 22 heavy (non-hydrogen) atoms. The largest absolute Gasteiger partial charge is 0.494 e. The normalized spacial score (nSPS) is 28.1. The number of rotatable bonds is 1. The molecule has 1 N–H and O–H groups in total. The fourth-order valence-corrected chi connectivity index (χ4v) is 3.52. The lowest BCUT2D eigenvalue weighted by Gasteiger charge is -2.37. The number of nitrogens with one attached hydrogen (secondary N) is 1. The highest BCUT2D eigenvalue weighted by molar-refractivity contribution is 6.62. The molecule has 0 saturated carbocycles. The molecule has 1 saturated heterocycles. The molecule has 1 aromatic rings. The van der Waals surface area contributed by atoms with E-state index in [0.717, 1.165) is 11.9 Å². The third kappa shape index (κ3) is 2.57. The Kier molecular flexibility index (Phi) is 3.43. The van der Waals surface area contributed by atoms with Crippen LogP contribution in [0.15, 0.2) is 18.2 Å². The van der Waals surface area contributed by atoms with Crippen LogP contribution in [0, 0.1) is 0 Å². The second-order valence-corrected chi connectivity index (χ2v) is 8.55. The average molecular weight is 301 g/mol. The van der Waals surface area contributed by atoms with Gasteiger partial charge in [-0.25, -0.2) is 0 Å². The Labute approximate surface area is 134 Å². The predicted molar refractivity (Wildman–Crippen MR) is 92.9 cm³/mol. The van der Waals surface area contributed by atoms with Gasteiger partial charge in [-0.3, -0.25) is 0 Å². The Morgan fingerprint density at radius 1 is 1.05 bits per heavy atom. The average Bonchev–Trinajstić information content (AvgIpc) is 2.56. The Balaban J connectivity index is 1.91. The van der Waals surface area contributed by atoms with Crippen LogP contribution in [0.5, 0.6) is 0 Å². The minimum atomic E-state index is -0.292. The number of hydrogen-bond acceptors (Lipinski definition) is 3. The Morgan fingerprint density at radius 3 is 2.23 bits per heavy atom. The molecule has 2 aliphatic heterocycles. The summed E-state index contributed by atoms with van der Waals surface area (Å²) in [5.74, 6) is 0.536. The van der Waals surface area contributed by atoms with Gasteiger partial charge in [0.1, 0.15) is 0 Å². The van der Waals surface area contributed by atoms with Gasteiger partial charge in [0.2, 0.25) is 0 Å².